The van der Waals surface area contributed by atoms with E-state index in [9.17, 15) is 4.79 Å². The van der Waals surface area contributed by atoms with Crippen molar-refractivity contribution >= 4 is 22.6 Å². The molecule has 25 heavy (non-hydrogen) atoms. The summed E-state index contributed by atoms with van der Waals surface area (Å²) in [6.07, 6.45) is 8.93. The van der Waals surface area contributed by atoms with Gasteiger partial charge in [0.2, 0.25) is 5.95 Å². The smallest absolute Gasteiger partial charge is 0.262 e. The van der Waals surface area contributed by atoms with Gasteiger partial charge in [-0.15, -0.1) is 0 Å². The first kappa shape index (κ1) is 16.3. The van der Waals surface area contributed by atoms with Gasteiger partial charge in [0.15, 0.2) is 0 Å². The minimum absolute atomic E-state index is 0.00760. The quantitative estimate of drug-likeness (QED) is 0.854. The Morgan fingerprint density at radius 1 is 1.20 bits per heavy atom. The zero-order chi connectivity index (χ0) is 17.2. The van der Waals surface area contributed by atoms with Crippen LogP contribution >= 0.6 is 0 Å². The van der Waals surface area contributed by atoms with Crippen molar-refractivity contribution in [2.75, 3.05) is 5.43 Å². The third-order valence-corrected chi connectivity index (χ3v) is 5.86. The van der Waals surface area contributed by atoms with E-state index in [0.29, 0.717) is 17.9 Å². The molecule has 2 saturated carbocycles. The maximum Gasteiger partial charge on any atom is 0.262 e. The number of fused-ring (bicyclic) bond motifs is 2. The predicted octanol–water partition coefficient (Wildman–Crippen LogP) is 4.17. The fourth-order valence-corrected chi connectivity index (χ4v) is 4.47. The van der Waals surface area contributed by atoms with Crippen LogP contribution < -0.4 is 11.0 Å². The second kappa shape index (κ2) is 6.98. The number of rotatable bonds is 3. The number of hydrogen-bond donors (Lipinski definition) is 1. The lowest BCUT2D eigenvalue weighted by atomic mass is 9.70. The molecule has 0 bridgehead atoms. The van der Waals surface area contributed by atoms with E-state index in [4.69, 9.17) is 0 Å². The first-order chi connectivity index (χ1) is 12.3. The molecule has 0 spiro atoms. The Labute approximate surface area is 148 Å². The molecular formula is C20H26N4O. The SMILES string of the molecule is CCn1c(N/N=C2/CC[C@H]3CCCC[C@H]3C2)nc2ccccc2c1=O. The molecule has 2 aliphatic carbocycles. The molecule has 0 unspecified atom stereocenters. The van der Waals surface area contributed by atoms with Crippen LogP contribution in [0.1, 0.15) is 51.9 Å². The average molecular weight is 338 g/mol. The van der Waals surface area contributed by atoms with Gasteiger partial charge in [-0.25, -0.2) is 10.4 Å². The molecular weight excluding hydrogens is 312 g/mol. The number of benzene rings is 1. The highest BCUT2D eigenvalue weighted by Crippen LogP contribution is 2.39. The Morgan fingerprint density at radius 3 is 2.84 bits per heavy atom. The van der Waals surface area contributed by atoms with Gasteiger partial charge in [-0.05, 0) is 56.6 Å². The minimum Gasteiger partial charge on any atom is -0.277 e. The van der Waals surface area contributed by atoms with Gasteiger partial charge in [-0.1, -0.05) is 31.4 Å². The van der Waals surface area contributed by atoms with Gasteiger partial charge in [0.1, 0.15) is 0 Å². The van der Waals surface area contributed by atoms with Crippen LogP contribution in [0.25, 0.3) is 10.9 Å². The zero-order valence-corrected chi connectivity index (χ0v) is 14.9. The van der Waals surface area contributed by atoms with Gasteiger partial charge in [0, 0.05) is 12.3 Å². The van der Waals surface area contributed by atoms with Crippen molar-refractivity contribution < 1.29 is 0 Å². The topological polar surface area (TPSA) is 59.3 Å². The first-order valence-corrected chi connectivity index (χ1v) is 9.57. The van der Waals surface area contributed by atoms with Gasteiger partial charge in [0.05, 0.1) is 10.9 Å². The third-order valence-electron chi connectivity index (χ3n) is 5.86. The molecule has 132 valence electrons. The summed E-state index contributed by atoms with van der Waals surface area (Å²) < 4.78 is 1.67. The van der Waals surface area contributed by atoms with E-state index in [0.717, 1.165) is 30.2 Å². The van der Waals surface area contributed by atoms with Crippen molar-refractivity contribution in [1.82, 2.24) is 9.55 Å². The average Bonchev–Trinajstić information content (AvgIpc) is 2.66. The van der Waals surface area contributed by atoms with Crippen LogP contribution in [0.15, 0.2) is 34.2 Å². The molecule has 0 radical (unpaired) electrons. The largest absolute Gasteiger partial charge is 0.277 e. The standard InChI is InChI=1S/C20H26N4O/c1-2-24-19(25)17-9-5-6-10-18(17)21-20(24)23-22-16-12-11-14-7-3-4-8-15(14)13-16/h5-6,9-10,14-15H,2-4,7-8,11-13H2,1H3,(H,21,23)/b22-16-/t14-,15+/m1/s1. The summed E-state index contributed by atoms with van der Waals surface area (Å²) in [5, 5.41) is 5.30. The Kier molecular flexibility index (Phi) is 4.55. The van der Waals surface area contributed by atoms with E-state index in [1.54, 1.807) is 4.57 Å². The molecule has 2 aromatic rings. The molecule has 0 aliphatic heterocycles. The van der Waals surface area contributed by atoms with Gasteiger partial charge >= 0.3 is 0 Å². The molecule has 5 heteroatoms. The number of para-hydroxylation sites is 1. The van der Waals surface area contributed by atoms with Crippen LogP contribution in [-0.2, 0) is 6.54 Å². The van der Waals surface area contributed by atoms with Crippen molar-refractivity contribution in [3.8, 4) is 0 Å². The highest BCUT2D eigenvalue weighted by molar-refractivity contribution is 5.86. The molecule has 1 N–H and O–H groups in total. The van der Waals surface area contributed by atoms with Crippen LogP contribution in [0.4, 0.5) is 5.95 Å². The van der Waals surface area contributed by atoms with Crippen molar-refractivity contribution in [2.45, 2.75) is 58.4 Å². The normalized spacial score (nSPS) is 25.1. The molecule has 2 aliphatic rings. The highest BCUT2D eigenvalue weighted by Gasteiger charge is 2.30. The Balaban J connectivity index is 1.59. The number of nitrogens with one attached hydrogen (secondary N) is 1. The fourth-order valence-electron chi connectivity index (χ4n) is 4.47. The summed E-state index contributed by atoms with van der Waals surface area (Å²) in [6, 6.07) is 7.49. The van der Waals surface area contributed by atoms with Crippen molar-refractivity contribution in [3.63, 3.8) is 0 Å². The number of aromatic nitrogens is 2. The van der Waals surface area contributed by atoms with Gasteiger partial charge < -0.3 is 0 Å². The Morgan fingerprint density at radius 2 is 2.00 bits per heavy atom. The van der Waals surface area contributed by atoms with E-state index in [-0.39, 0.29) is 5.56 Å². The molecule has 2 fully saturated rings. The van der Waals surface area contributed by atoms with Crippen LogP contribution in [0.3, 0.4) is 0 Å². The summed E-state index contributed by atoms with van der Waals surface area (Å²) >= 11 is 0. The summed E-state index contributed by atoms with van der Waals surface area (Å²) in [6.45, 7) is 2.54. The van der Waals surface area contributed by atoms with Crippen molar-refractivity contribution in [3.05, 3.63) is 34.6 Å². The molecule has 5 nitrogen and oxygen atoms in total. The lowest BCUT2D eigenvalue weighted by Crippen LogP contribution is -2.28. The lowest BCUT2D eigenvalue weighted by Gasteiger charge is -2.35. The third kappa shape index (κ3) is 3.20. The summed E-state index contributed by atoms with van der Waals surface area (Å²) in [5.41, 5.74) is 5.04. The maximum absolute atomic E-state index is 12.7. The molecule has 1 aromatic carbocycles. The van der Waals surface area contributed by atoms with Gasteiger partial charge in [-0.3, -0.25) is 9.36 Å². The van der Waals surface area contributed by atoms with E-state index in [1.807, 2.05) is 31.2 Å². The summed E-state index contributed by atoms with van der Waals surface area (Å²) in [5.74, 6) is 2.26. The molecule has 1 heterocycles. The van der Waals surface area contributed by atoms with Crippen LogP contribution in [-0.4, -0.2) is 15.3 Å². The number of anilines is 1. The van der Waals surface area contributed by atoms with Crippen LogP contribution in [0, 0.1) is 11.8 Å². The Bertz CT molecular complexity index is 854. The lowest BCUT2D eigenvalue weighted by molar-refractivity contribution is 0.218. The number of hydrogen-bond acceptors (Lipinski definition) is 4. The number of nitrogens with zero attached hydrogens (tertiary/aromatic N) is 3. The molecule has 0 saturated heterocycles. The van der Waals surface area contributed by atoms with E-state index < -0.39 is 0 Å². The second-order valence-corrected chi connectivity index (χ2v) is 7.34. The first-order valence-electron chi connectivity index (χ1n) is 9.57. The van der Waals surface area contributed by atoms with Gasteiger partial charge in [0.25, 0.3) is 5.56 Å². The van der Waals surface area contributed by atoms with Crippen LogP contribution in [0.5, 0.6) is 0 Å². The van der Waals surface area contributed by atoms with E-state index in [2.05, 4.69) is 15.5 Å². The molecule has 1 aromatic heterocycles. The van der Waals surface area contributed by atoms with E-state index in [1.165, 1.54) is 37.8 Å². The fraction of sp³-hybridized carbons (Fsp3) is 0.550. The minimum atomic E-state index is -0.00760. The zero-order valence-electron chi connectivity index (χ0n) is 14.9. The van der Waals surface area contributed by atoms with Crippen molar-refractivity contribution in [1.29, 1.82) is 0 Å². The summed E-state index contributed by atoms with van der Waals surface area (Å²) in [4.78, 5) is 17.3. The predicted molar refractivity (Wildman–Crippen MR) is 102 cm³/mol. The molecule has 0 amide bonds. The van der Waals surface area contributed by atoms with Crippen LogP contribution in [0.2, 0.25) is 0 Å². The highest BCUT2D eigenvalue weighted by atomic mass is 16.1. The molecule has 2 atom stereocenters. The molecule has 4 rings (SSSR count). The monoisotopic (exact) mass is 338 g/mol. The number of hydrazone groups is 1. The maximum atomic E-state index is 12.7. The summed E-state index contributed by atoms with van der Waals surface area (Å²) in [7, 11) is 0. The van der Waals surface area contributed by atoms with Gasteiger partial charge in [-0.2, -0.15) is 5.10 Å². The van der Waals surface area contributed by atoms with Crippen molar-refractivity contribution in [2.24, 2.45) is 16.9 Å². The van der Waals surface area contributed by atoms with E-state index >= 15 is 0 Å². The Hall–Kier alpha value is -2.17. The second-order valence-electron chi connectivity index (χ2n) is 7.34.